The minimum Gasteiger partial charge on any atom is -0.381 e. The molecule has 5 heteroatoms. The number of hydrogen-bond donors (Lipinski definition) is 3. The largest absolute Gasteiger partial charge is 0.381 e. The van der Waals surface area contributed by atoms with Gasteiger partial charge in [-0.2, -0.15) is 11.8 Å². The Hall–Kier alpha value is -0.940. The van der Waals surface area contributed by atoms with Gasteiger partial charge in [-0.05, 0) is 25.2 Å². The quantitative estimate of drug-likeness (QED) is 0.567. The molecule has 0 spiro atoms. The minimum absolute atomic E-state index is 0.562. The van der Waals surface area contributed by atoms with E-state index in [9.17, 15) is 0 Å². The molecular formula is C12H20N4S. The van der Waals surface area contributed by atoms with E-state index in [1.54, 1.807) is 6.20 Å². The number of aromatic nitrogens is 1. The zero-order chi connectivity index (χ0) is 12.1. The molecule has 1 fully saturated rings. The van der Waals surface area contributed by atoms with Gasteiger partial charge < -0.3 is 10.7 Å². The number of thioether (sulfide) groups is 1. The fraction of sp³-hybridized carbons (Fsp3) is 0.583. The SMILES string of the molecule is CSC1CCCCC1Nc1ccnc(NN)c1. The normalized spacial score (nSPS) is 24.4. The summed E-state index contributed by atoms with van der Waals surface area (Å²) < 4.78 is 0. The number of rotatable bonds is 4. The highest BCUT2D eigenvalue weighted by molar-refractivity contribution is 7.99. The summed E-state index contributed by atoms with van der Waals surface area (Å²) in [5, 5.41) is 4.31. The van der Waals surface area contributed by atoms with E-state index in [1.165, 1.54) is 25.7 Å². The molecule has 4 N–H and O–H groups in total. The Morgan fingerprint density at radius 2 is 2.24 bits per heavy atom. The summed E-state index contributed by atoms with van der Waals surface area (Å²) in [5.74, 6) is 6.06. The molecule has 17 heavy (non-hydrogen) atoms. The third kappa shape index (κ3) is 3.26. The molecular weight excluding hydrogens is 232 g/mol. The van der Waals surface area contributed by atoms with Gasteiger partial charge in [0.05, 0.1) is 0 Å². The Kier molecular flexibility index (Phi) is 4.50. The number of hydrogen-bond acceptors (Lipinski definition) is 5. The third-order valence-electron chi connectivity index (χ3n) is 3.27. The molecule has 1 aromatic heterocycles. The number of nitrogens with zero attached hydrogens (tertiary/aromatic N) is 1. The molecule has 1 aliphatic carbocycles. The Balaban J connectivity index is 2.02. The van der Waals surface area contributed by atoms with E-state index in [4.69, 9.17) is 5.84 Å². The van der Waals surface area contributed by atoms with Crippen LogP contribution in [-0.2, 0) is 0 Å². The second-order valence-corrected chi connectivity index (χ2v) is 5.46. The van der Waals surface area contributed by atoms with Crippen LogP contribution in [0.4, 0.5) is 11.5 Å². The Morgan fingerprint density at radius 1 is 1.41 bits per heavy atom. The summed E-state index contributed by atoms with van der Waals surface area (Å²) in [7, 11) is 0. The van der Waals surface area contributed by atoms with Gasteiger partial charge in [0.15, 0.2) is 0 Å². The minimum atomic E-state index is 0.562. The molecule has 0 saturated heterocycles. The van der Waals surface area contributed by atoms with Gasteiger partial charge in [-0.3, -0.25) is 0 Å². The van der Waals surface area contributed by atoms with Crippen molar-refractivity contribution in [2.45, 2.75) is 37.0 Å². The number of nitrogen functional groups attached to an aromatic ring is 1. The molecule has 0 bridgehead atoms. The highest BCUT2D eigenvalue weighted by atomic mass is 32.2. The first-order chi connectivity index (χ1) is 8.33. The molecule has 0 aliphatic heterocycles. The average molecular weight is 252 g/mol. The summed E-state index contributed by atoms with van der Waals surface area (Å²) >= 11 is 1.96. The maximum atomic E-state index is 5.36. The molecule has 0 amide bonds. The molecule has 2 rings (SSSR count). The third-order valence-corrected chi connectivity index (χ3v) is 4.43. The van der Waals surface area contributed by atoms with Crippen molar-refractivity contribution in [2.24, 2.45) is 5.84 Å². The Bertz CT molecular complexity index is 358. The van der Waals surface area contributed by atoms with Crippen molar-refractivity contribution in [2.75, 3.05) is 17.0 Å². The van der Waals surface area contributed by atoms with E-state index in [2.05, 4.69) is 22.0 Å². The van der Waals surface area contributed by atoms with Crippen LogP contribution in [0.25, 0.3) is 0 Å². The van der Waals surface area contributed by atoms with Crippen molar-refractivity contribution in [3.8, 4) is 0 Å². The van der Waals surface area contributed by atoms with Crippen LogP contribution >= 0.6 is 11.8 Å². The topological polar surface area (TPSA) is 63.0 Å². The highest BCUT2D eigenvalue weighted by Gasteiger charge is 2.23. The number of nitrogens with one attached hydrogen (secondary N) is 2. The van der Waals surface area contributed by atoms with Crippen molar-refractivity contribution >= 4 is 23.3 Å². The molecule has 1 aromatic rings. The Labute approximate surface area is 107 Å². The summed E-state index contributed by atoms with van der Waals surface area (Å²) in [5.41, 5.74) is 3.67. The van der Waals surface area contributed by atoms with Crippen molar-refractivity contribution < 1.29 is 0 Å². The fourth-order valence-corrected chi connectivity index (χ4v) is 3.29. The van der Waals surface area contributed by atoms with E-state index in [-0.39, 0.29) is 0 Å². The van der Waals surface area contributed by atoms with Crippen LogP contribution in [0, 0.1) is 0 Å². The summed E-state index contributed by atoms with van der Waals surface area (Å²) in [4.78, 5) is 4.11. The van der Waals surface area contributed by atoms with Gasteiger partial charge in [-0.15, -0.1) is 0 Å². The van der Waals surface area contributed by atoms with Gasteiger partial charge in [-0.1, -0.05) is 12.8 Å². The van der Waals surface area contributed by atoms with Crippen LogP contribution in [-0.4, -0.2) is 22.5 Å². The van der Waals surface area contributed by atoms with Gasteiger partial charge in [0.2, 0.25) is 0 Å². The average Bonchev–Trinajstić information content (AvgIpc) is 2.39. The first kappa shape index (κ1) is 12.5. The first-order valence-electron chi connectivity index (χ1n) is 6.05. The van der Waals surface area contributed by atoms with Crippen molar-refractivity contribution in [1.82, 2.24) is 4.98 Å². The van der Waals surface area contributed by atoms with Gasteiger partial charge in [0, 0.05) is 29.2 Å². The van der Waals surface area contributed by atoms with Gasteiger partial charge in [0.25, 0.3) is 0 Å². The number of pyridine rings is 1. The van der Waals surface area contributed by atoms with E-state index >= 15 is 0 Å². The van der Waals surface area contributed by atoms with E-state index in [0.29, 0.717) is 17.1 Å². The van der Waals surface area contributed by atoms with Gasteiger partial charge >= 0.3 is 0 Å². The molecule has 1 aliphatic rings. The molecule has 2 atom stereocenters. The predicted octanol–water partition coefficient (Wildman–Crippen LogP) is 2.45. The van der Waals surface area contributed by atoms with Crippen molar-refractivity contribution in [1.29, 1.82) is 0 Å². The zero-order valence-corrected chi connectivity index (χ0v) is 11.0. The lowest BCUT2D eigenvalue weighted by molar-refractivity contribution is 0.475. The monoisotopic (exact) mass is 252 g/mol. The number of hydrazine groups is 1. The summed E-state index contributed by atoms with van der Waals surface area (Å²) in [6.07, 6.45) is 9.21. The van der Waals surface area contributed by atoms with Crippen LogP contribution in [0.3, 0.4) is 0 Å². The number of anilines is 2. The van der Waals surface area contributed by atoms with Gasteiger partial charge in [0.1, 0.15) is 5.82 Å². The fourth-order valence-electron chi connectivity index (χ4n) is 2.36. The number of nitrogens with two attached hydrogens (primary N) is 1. The molecule has 94 valence electrons. The first-order valence-corrected chi connectivity index (χ1v) is 7.34. The Morgan fingerprint density at radius 3 is 3.00 bits per heavy atom. The second kappa shape index (κ2) is 6.12. The summed E-state index contributed by atoms with van der Waals surface area (Å²) in [6, 6.07) is 4.51. The zero-order valence-electron chi connectivity index (χ0n) is 10.1. The standard InChI is InChI=1S/C12H20N4S/c1-17-11-5-3-2-4-10(11)15-9-6-7-14-12(8-9)16-13/h6-8,10-11H,2-5,13H2,1H3,(H2,14,15,16). The summed E-state index contributed by atoms with van der Waals surface area (Å²) in [6.45, 7) is 0. The van der Waals surface area contributed by atoms with Crippen LogP contribution < -0.4 is 16.6 Å². The molecule has 1 saturated carbocycles. The molecule has 4 nitrogen and oxygen atoms in total. The molecule has 1 heterocycles. The smallest absolute Gasteiger partial charge is 0.141 e. The lowest BCUT2D eigenvalue weighted by Crippen LogP contribution is -2.34. The lowest BCUT2D eigenvalue weighted by atomic mass is 9.94. The van der Waals surface area contributed by atoms with E-state index in [1.807, 2.05) is 23.9 Å². The maximum Gasteiger partial charge on any atom is 0.141 e. The van der Waals surface area contributed by atoms with Crippen LogP contribution in [0.5, 0.6) is 0 Å². The maximum absolute atomic E-state index is 5.36. The van der Waals surface area contributed by atoms with Crippen molar-refractivity contribution in [3.63, 3.8) is 0 Å². The highest BCUT2D eigenvalue weighted by Crippen LogP contribution is 2.29. The molecule has 0 radical (unpaired) electrons. The second-order valence-electron chi connectivity index (χ2n) is 4.38. The van der Waals surface area contributed by atoms with Crippen LogP contribution in [0.1, 0.15) is 25.7 Å². The van der Waals surface area contributed by atoms with Gasteiger partial charge in [-0.25, -0.2) is 10.8 Å². The van der Waals surface area contributed by atoms with Crippen molar-refractivity contribution in [3.05, 3.63) is 18.3 Å². The lowest BCUT2D eigenvalue weighted by Gasteiger charge is -2.31. The van der Waals surface area contributed by atoms with E-state index in [0.717, 1.165) is 5.69 Å². The van der Waals surface area contributed by atoms with Crippen LogP contribution in [0.15, 0.2) is 18.3 Å². The van der Waals surface area contributed by atoms with E-state index < -0.39 is 0 Å². The van der Waals surface area contributed by atoms with Crippen LogP contribution in [0.2, 0.25) is 0 Å². The predicted molar refractivity (Wildman–Crippen MR) is 75.2 cm³/mol. The molecule has 2 unspecified atom stereocenters. The molecule has 0 aromatic carbocycles.